The van der Waals surface area contributed by atoms with Gasteiger partial charge in [-0.25, -0.2) is 5.32 Å². The zero-order valence-electron chi connectivity index (χ0n) is 19.4. The van der Waals surface area contributed by atoms with Gasteiger partial charge in [-0.3, -0.25) is 0 Å². The van der Waals surface area contributed by atoms with Gasteiger partial charge < -0.3 is 19.8 Å². The second-order valence-electron chi connectivity index (χ2n) is 7.98. The quantitative estimate of drug-likeness (QED) is 0.202. The van der Waals surface area contributed by atoms with E-state index in [2.05, 4.69) is 34.5 Å². The summed E-state index contributed by atoms with van der Waals surface area (Å²) in [5.74, 6) is 1.86. The first-order valence-corrected chi connectivity index (χ1v) is 10.9. The number of rotatable bonds is 6. The van der Waals surface area contributed by atoms with Gasteiger partial charge in [0.05, 0.1) is 12.7 Å². The predicted molar refractivity (Wildman–Crippen MR) is 139 cm³/mol. The summed E-state index contributed by atoms with van der Waals surface area (Å²) in [6, 6.07) is 30.0. The van der Waals surface area contributed by atoms with Crippen LogP contribution in [0.5, 0.6) is 17.2 Å². The lowest BCUT2D eigenvalue weighted by Gasteiger charge is -2.16. The fourth-order valence-corrected chi connectivity index (χ4v) is 3.66. The summed E-state index contributed by atoms with van der Waals surface area (Å²) in [5, 5.41) is 23.4. The van der Waals surface area contributed by atoms with Crippen molar-refractivity contribution >= 4 is 28.6 Å². The van der Waals surface area contributed by atoms with E-state index in [9.17, 15) is 10.2 Å². The zero-order valence-corrected chi connectivity index (χ0v) is 19.4. The van der Waals surface area contributed by atoms with Crippen molar-refractivity contribution in [3.8, 4) is 17.2 Å². The van der Waals surface area contributed by atoms with E-state index in [1.807, 2.05) is 67.2 Å². The minimum absolute atomic E-state index is 0.184. The average molecular weight is 455 g/mol. The van der Waals surface area contributed by atoms with Gasteiger partial charge in [-0.15, -0.1) is 0 Å². The Bertz CT molecular complexity index is 1230. The number of nitrogens with zero attached hydrogens (tertiary/aromatic N) is 2. The van der Waals surface area contributed by atoms with Crippen molar-refractivity contribution in [2.75, 3.05) is 31.4 Å². The lowest BCUT2D eigenvalue weighted by atomic mass is 10.1. The Hall–Kier alpha value is -4.45. The van der Waals surface area contributed by atoms with Gasteiger partial charge in [0.2, 0.25) is 0 Å². The SMILES string of the molecule is COc1ccccc1NC(c1ccc(N(C)C)cc1)=[N+](c1ccc(O)cc1)c1ccc(O)cc1. The molecule has 0 aromatic heterocycles. The molecule has 34 heavy (non-hydrogen) atoms. The number of aromatic hydroxyl groups is 2. The molecule has 4 aromatic rings. The molecule has 0 aliphatic carbocycles. The Morgan fingerprint density at radius 3 is 1.76 bits per heavy atom. The summed E-state index contributed by atoms with van der Waals surface area (Å²) in [5.41, 5.74) is 4.49. The van der Waals surface area contributed by atoms with Crippen molar-refractivity contribution in [2.24, 2.45) is 0 Å². The third-order valence-electron chi connectivity index (χ3n) is 5.46. The van der Waals surface area contributed by atoms with Crippen LogP contribution in [0.4, 0.5) is 22.7 Å². The van der Waals surface area contributed by atoms with Gasteiger partial charge in [0, 0.05) is 19.8 Å². The first kappa shape index (κ1) is 22.7. The van der Waals surface area contributed by atoms with E-state index in [1.165, 1.54) is 0 Å². The van der Waals surface area contributed by atoms with Crippen LogP contribution in [0, 0.1) is 0 Å². The summed E-state index contributed by atoms with van der Waals surface area (Å²) >= 11 is 0. The Morgan fingerprint density at radius 2 is 1.26 bits per heavy atom. The standard InChI is InChI=1S/C28H27N3O3/c1-30(2)21-10-8-20(9-11-21)28(29-26-6-4-5-7-27(26)34-3)31(22-12-16-24(32)17-13-22)23-14-18-25(33)19-15-23/h4-19,32-33H,1-3H3/p+1. The van der Waals surface area contributed by atoms with Crippen molar-refractivity contribution in [1.82, 2.24) is 4.58 Å². The number of para-hydroxylation sites is 2. The van der Waals surface area contributed by atoms with Gasteiger partial charge in [-0.05, 0) is 84.9 Å². The minimum Gasteiger partial charge on any atom is -0.508 e. The number of amidine groups is 1. The molecule has 0 radical (unpaired) electrons. The van der Waals surface area contributed by atoms with E-state index in [0.29, 0.717) is 5.75 Å². The van der Waals surface area contributed by atoms with Crippen molar-refractivity contribution < 1.29 is 14.9 Å². The number of hydrogen-bond acceptors (Lipinski definition) is 4. The van der Waals surface area contributed by atoms with Gasteiger partial charge in [-0.2, -0.15) is 4.58 Å². The van der Waals surface area contributed by atoms with Crippen LogP contribution in [0.1, 0.15) is 5.56 Å². The topological polar surface area (TPSA) is 68.0 Å². The van der Waals surface area contributed by atoms with E-state index in [-0.39, 0.29) is 11.5 Å². The third kappa shape index (κ3) is 4.96. The minimum atomic E-state index is 0.184. The molecule has 172 valence electrons. The lowest BCUT2D eigenvalue weighted by Crippen LogP contribution is -2.26. The van der Waals surface area contributed by atoms with E-state index in [4.69, 9.17) is 4.74 Å². The van der Waals surface area contributed by atoms with Gasteiger partial charge in [0.15, 0.2) is 11.4 Å². The number of phenols is 2. The van der Waals surface area contributed by atoms with E-state index >= 15 is 0 Å². The molecular formula is C28H28N3O3+. The maximum atomic E-state index is 9.89. The van der Waals surface area contributed by atoms with Gasteiger partial charge in [-0.1, -0.05) is 12.1 Å². The molecule has 0 aliphatic heterocycles. The van der Waals surface area contributed by atoms with Gasteiger partial charge in [0.25, 0.3) is 5.84 Å². The maximum absolute atomic E-state index is 9.89. The van der Waals surface area contributed by atoms with Crippen LogP contribution in [0.25, 0.3) is 0 Å². The second kappa shape index (κ2) is 10.0. The van der Waals surface area contributed by atoms with Crippen LogP contribution in [0.15, 0.2) is 97.1 Å². The molecule has 0 unspecified atom stereocenters. The summed E-state index contributed by atoms with van der Waals surface area (Å²) < 4.78 is 7.63. The Labute approximate surface area is 199 Å². The van der Waals surface area contributed by atoms with Crippen LogP contribution in [-0.4, -0.2) is 37.3 Å². The lowest BCUT2D eigenvalue weighted by molar-refractivity contribution is 0.417. The molecule has 0 fully saturated rings. The van der Waals surface area contributed by atoms with Gasteiger partial charge >= 0.3 is 0 Å². The largest absolute Gasteiger partial charge is 0.508 e. The molecule has 4 aromatic carbocycles. The smallest absolute Gasteiger partial charge is 0.292 e. The first-order chi connectivity index (χ1) is 16.5. The van der Waals surface area contributed by atoms with Crippen LogP contribution < -0.4 is 19.5 Å². The molecule has 6 heteroatoms. The van der Waals surface area contributed by atoms with Gasteiger partial charge in [0.1, 0.15) is 22.9 Å². The molecule has 0 bridgehead atoms. The Balaban J connectivity index is 1.99. The number of phenolic OH excluding ortho intramolecular Hbond substituents is 2. The van der Waals surface area contributed by atoms with E-state index in [1.54, 1.807) is 31.4 Å². The summed E-state index contributed by atoms with van der Waals surface area (Å²) in [6.07, 6.45) is 0. The average Bonchev–Trinajstić information content (AvgIpc) is 2.86. The molecule has 0 atom stereocenters. The fourth-order valence-electron chi connectivity index (χ4n) is 3.66. The van der Waals surface area contributed by atoms with Crippen molar-refractivity contribution in [1.29, 1.82) is 0 Å². The molecule has 0 saturated carbocycles. The molecule has 6 nitrogen and oxygen atoms in total. The number of benzene rings is 4. The van der Waals surface area contributed by atoms with Crippen LogP contribution in [-0.2, 0) is 0 Å². The van der Waals surface area contributed by atoms with Crippen LogP contribution in [0.3, 0.4) is 0 Å². The first-order valence-electron chi connectivity index (χ1n) is 10.9. The molecule has 4 rings (SSSR count). The highest BCUT2D eigenvalue weighted by Crippen LogP contribution is 2.29. The van der Waals surface area contributed by atoms with Crippen LogP contribution >= 0.6 is 0 Å². The molecule has 0 spiro atoms. The molecule has 0 amide bonds. The number of nitrogens with one attached hydrogen (secondary N) is 1. The number of hydrogen-bond donors (Lipinski definition) is 3. The highest BCUT2D eigenvalue weighted by Gasteiger charge is 2.23. The zero-order chi connectivity index (χ0) is 24.1. The molecule has 3 N–H and O–H groups in total. The van der Waals surface area contributed by atoms with E-state index < -0.39 is 0 Å². The monoisotopic (exact) mass is 454 g/mol. The number of ether oxygens (including phenoxy) is 1. The number of anilines is 2. The normalized spacial score (nSPS) is 10.4. The highest BCUT2D eigenvalue weighted by molar-refractivity contribution is 6.11. The number of methoxy groups -OCH3 is 1. The van der Waals surface area contributed by atoms with E-state index in [0.717, 1.165) is 34.1 Å². The van der Waals surface area contributed by atoms with Crippen LogP contribution in [0.2, 0.25) is 0 Å². The molecular weight excluding hydrogens is 426 g/mol. The molecule has 0 aliphatic rings. The Morgan fingerprint density at radius 1 is 0.735 bits per heavy atom. The maximum Gasteiger partial charge on any atom is 0.292 e. The predicted octanol–water partition coefficient (Wildman–Crippen LogP) is 5.57. The summed E-state index contributed by atoms with van der Waals surface area (Å²) in [7, 11) is 5.65. The summed E-state index contributed by atoms with van der Waals surface area (Å²) in [6.45, 7) is 0. The van der Waals surface area contributed by atoms with Crippen molar-refractivity contribution in [2.45, 2.75) is 0 Å². The Kier molecular flexibility index (Phi) is 6.69. The van der Waals surface area contributed by atoms with Crippen molar-refractivity contribution in [3.05, 3.63) is 103 Å². The third-order valence-corrected chi connectivity index (χ3v) is 5.46. The highest BCUT2D eigenvalue weighted by atomic mass is 16.5. The molecule has 0 saturated heterocycles. The second-order valence-corrected chi connectivity index (χ2v) is 7.98. The summed E-state index contributed by atoms with van der Waals surface area (Å²) in [4.78, 5) is 2.05. The molecule has 0 heterocycles. The van der Waals surface area contributed by atoms with Crippen molar-refractivity contribution in [3.63, 3.8) is 0 Å². The fraction of sp³-hybridized carbons (Fsp3) is 0.107.